The van der Waals surface area contributed by atoms with E-state index in [2.05, 4.69) is 0 Å². The third-order valence-corrected chi connectivity index (χ3v) is 5.65. The van der Waals surface area contributed by atoms with Gasteiger partial charge in [0, 0.05) is 5.02 Å². The molecule has 1 aliphatic heterocycles. The van der Waals surface area contributed by atoms with E-state index in [0.717, 1.165) is 18.4 Å². The average Bonchev–Trinajstić information content (AvgIpc) is 2.66. The number of hydrogen-bond acceptors (Lipinski definition) is 3. The Morgan fingerprint density at radius 3 is 2.78 bits per heavy atom. The molecule has 1 aromatic rings. The van der Waals surface area contributed by atoms with Gasteiger partial charge in [0.15, 0.2) is 9.84 Å². The van der Waals surface area contributed by atoms with Crippen molar-refractivity contribution < 1.29 is 8.42 Å². The molecule has 2 atom stereocenters. The van der Waals surface area contributed by atoms with Crippen molar-refractivity contribution in [3.63, 3.8) is 0 Å². The van der Waals surface area contributed by atoms with Crippen molar-refractivity contribution in [3.8, 4) is 0 Å². The van der Waals surface area contributed by atoms with Gasteiger partial charge in [-0.1, -0.05) is 23.7 Å². The number of benzene rings is 1. The Morgan fingerprint density at radius 2 is 2.22 bits per heavy atom. The molecule has 2 rings (SSSR count). The van der Waals surface area contributed by atoms with Crippen LogP contribution in [0.4, 0.5) is 0 Å². The van der Waals surface area contributed by atoms with Gasteiger partial charge in [0.05, 0.1) is 11.5 Å². The topological polar surface area (TPSA) is 60.2 Å². The molecular formula is C13H18ClNO2S. The van der Waals surface area contributed by atoms with Crippen LogP contribution in [0.25, 0.3) is 0 Å². The molecule has 5 heteroatoms. The summed E-state index contributed by atoms with van der Waals surface area (Å²) in [4.78, 5) is 0. The highest BCUT2D eigenvalue weighted by Gasteiger charge is 2.32. The number of sulfone groups is 1. The normalized spacial score (nSPS) is 24.0. The minimum atomic E-state index is -2.83. The summed E-state index contributed by atoms with van der Waals surface area (Å²) in [5.41, 5.74) is 6.93. The summed E-state index contributed by atoms with van der Waals surface area (Å²) in [5, 5.41) is 0.710. The summed E-state index contributed by atoms with van der Waals surface area (Å²) in [7, 11) is -2.83. The summed E-state index contributed by atoms with van der Waals surface area (Å²) in [6, 6.07) is 7.69. The summed E-state index contributed by atoms with van der Waals surface area (Å²) >= 11 is 5.95. The van der Waals surface area contributed by atoms with Gasteiger partial charge in [0.2, 0.25) is 0 Å². The zero-order chi connectivity index (χ0) is 13.2. The molecule has 2 N–H and O–H groups in total. The second-order valence-corrected chi connectivity index (χ2v) is 7.66. The van der Waals surface area contributed by atoms with Gasteiger partial charge in [-0.3, -0.25) is 0 Å². The minimum absolute atomic E-state index is 0.194. The lowest BCUT2D eigenvalue weighted by Gasteiger charge is -2.20. The van der Waals surface area contributed by atoms with Crippen LogP contribution in [0.3, 0.4) is 0 Å². The smallest absolute Gasteiger partial charge is 0.150 e. The van der Waals surface area contributed by atoms with Gasteiger partial charge < -0.3 is 5.73 Å². The molecule has 0 saturated carbocycles. The number of hydrogen-bond donors (Lipinski definition) is 1. The molecule has 0 radical (unpaired) electrons. The van der Waals surface area contributed by atoms with Crippen molar-refractivity contribution in [2.24, 2.45) is 17.6 Å². The predicted molar refractivity (Wildman–Crippen MR) is 74.5 cm³/mol. The molecule has 1 aliphatic rings. The first-order valence-electron chi connectivity index (χ1n) is 6.15. The summed E-state index contributed by atoms with van der Waals surface area (Å²) in [5.74, 6) is 1.01. The van der Waals surface area contributed by atoms with Gasteiger partial charge in [0.25, 0.3) is 0 Å². The predicted octanol–water partition coefficient (Wildman–Crippen LogP) is 1.89. The largest absolute Gasteiger partial charge is 0.330 e. The molecule has 1 fully saturated rings. The van der Waals surface area contributed by atoms with E-state index in [-0.39, 0.29) is 17.6 Å². The van der Waals surface area contributed by atoms with E-state index in [1.807, 2.05) is 24.3 Å². The van der Waals surface area contributed by atoms with Crippen LogP contribution in [0.2, 0.25) is 5.02 Å². The van der Waals surface area contributed by atoms with Crippen LogP contribution in [0.5, 0.6) is 0 Å². The standard InChI is InChI=1S/C13H18ClNO2S/c14-13-3-1-2-10(7-13)6-12(8-15)11-4-5-18(16,17)9-11/h1-3,7,11-12H,4-6,8-9,15H2. The quantitative estimate of drug-likeness (QED) is 0.920. The SMILES string of the molecule is NCC(Cc1cccc(Cl)c1)C1CCS(=O)(=O)C1. The van der Waals surface area contributed by atoms with Crippen molar-refractivity contribution in [1.82, 2.24) is 0 Å². The second kappa shape index (κ2) is 5.59. The van der Waals surface area contributed by atoms with Gasteiger partial charge in [-0.2, -0.15) is 0 Å². The van der Waals surface area contributed by atoms with Crippen LogP contribution in [-0.2, 0) is 16.3 Å². The molecule has 0 amide bonds. The maximum absolute atomic E-state index is 11.5. The minimum Gasteiger partial charge on any atom is -0.330 e. The monoisotopic (exact) mass is 287 g/mol. The van der Waals surface area contributed by atoms with Crippen LogP contribution in [-0.4, -0.2) is 26.5 Å². The van der Waals surface area contributed by atoms with E-state index >= 15 is 0 Å². The third-order valence-electron chi connectivity index (χ3n) is 3.62. The van der Waals surface area contributed by atoms with E-state index in [0.29, 0.717) is 17.3 Å². The van der Waals surface area contributed by atoms with Crippen LogP contribution < -0.4 is 5.73 Å². The number of nitrogens with two attached hydrogens (primary N) is 1. The lowest BCUT2D eigenvalue weighted by Crippen LogP contribution is -2.26. The summed E-state index contributed by atoms with van der Waals surface area (Å²) < 4.78 is 23.0. The zero-order valence-corrected chi connectivity index (χ0v) is 11.8. The number of halogens is 1. The Morgan fingerprint density at radius 1 is 1.44 bits per heavy atom. The van der Waals surface area contributed by atoms with Gasteiger partial charge >= 0.3 is 0 Å². The van der Waals surface area contributed by atoms with Crippen molar-refractivity contribution in [3.05, 3.63) is 34.9 Å². The molecule has 0 spiro atoms. The van der Waals surface area contributed by atoms with E-state index < -0.39 is 9.84 Å². The fraction of sp³-hybridized carbons (Fsp3) is 0.538. The van der Waals surface area contributed by atoms with Gasteiger partial charge in [-0.25, -0.2) is 8.42 Å². The third kappa shape index (κ3) is 3.46. The van der Waals surface area contributed by atoms with Crippen molar-refractivity contribution in [2.75, 3.05) is 18.1 Å². The first-order valence-corrected chi connectivity index (χ1v) is 8.35. The lowest BCUT2D eigenvalue weighted by molar-refractivity contribution is 0.371. The molecule has 1 aromatic carbocycles. The van der Waals surface area contributed by atoms with E-state index in [9.17, 15) is 8.42 Å². The Labute approximate surface area is 113 Å². The molecule has 18 heavy (non-hydrogen) atoms. The van der Waals surface area contributed by atoms with Crippen LogP contribution >= 0.6 is 11.6 Å². The van der Waals surface area contributed by atoms with Crippen molar-refractivity contribution in [2.45, 2.75) is 12.8 Å². The summed E-state index contributed by atoms with van der Waals surface area (Å²) in [6.07, 6.45) is 1.54. The molecule has 1 heterocycles. The fourth-order valence-electron chi connectivity index (χ4n) is 2.60. The molecule has 0 aliphatic carbocycles. The molecular weight excluding hydrogens is 270 g/mol. The molecule has 3 nitrogen and oxygen atoms in total. The zero-order valence-electron chi connectivity index (χ0n) is 10.2. The first-order chi connectivity index (χ1) is 8.50. The van der Waals surface area contributed by atoms with Crippen LogP contribution in [0.15, 0.2) is 24.3 Å². The molecule has 100 valence electrons. The van der Waals surface area contributed by atoms with Crippen LogP contribution in [0.1, 0.15) is 12.0 Å². The Kier molecular flexibility index (Phi) is 4.30. The highest BCUT2D eigenvalue weighted by molar-refractivity contribution is 7.91. The molecule has 2 unspecified atom stereocenters. The Balaban J connectivity index is 2.06. The number of rotatable bonds is 4. The van der Waals surface area contributed by atoms with Crippen molar-refractivity contribution in [1.29, 1.82) is 0 Å². The molecule has 1 saturated heterocycles. The maximum atomic E-state index is 11.5. The van der Waals surface area contributed by atoms with Crippen molar-refractivity contribution >= 4 is 21.4 Å². The van der Waals surface area contributed by atoms with Gasteiger partial charge in [-0.15, -0.1) is 0 Å². The maximum Gasteiger partial charge on any atom is 0.150 e. The molecule has 0 bridgehead atoms. The van der Waals surface area contributed by atoms with Gasteiger partial charge in [0.1, 0.15) is 0 Å². The van der Waals surface area contributed by atoms with Crippen LogP contribution in [0, 0.1) is 11.8 Å². The van der Waals surface area contributed by atoms with E-state index in [4.69, 9.17) is 17.3 Å². The summed E-state index contributed by atoms with van der Waals surface area (Å²) in [6.45, 7) is 0.521. The first kappa shape index (κ1) is 13.8. The fourth-order valence-corrected chi connectivity index (χ4v) is 4.74. The van der Waals surface area contributed by atoms with Gasteiger partial charge in [-0.05, 0) is 48.9 Å². The second-order valence-electron chi connectivity index (χ2n) is 4.99. The Hall–Kier alpha value is -0.580. The lowest BCUT2D eigenvalue weighted by atomic mass is 9.86. The molecule has 0 aromatic heterocycles. The highest BCUT2D eigenvalue weighted by Crippen LogP contribution is 2.28. The Bertz CT molecular complexity index is 515. The highest BCUT2D eigenvalue weighted by atomic mass is 35.5. The average molecular weight is 288 g/mol. The van der Waals surface area contributed by atoms with E-state index in [1.165, 1.54) is 0 Å². The van der Waals surface area contributed by atoms with E-state index in [1.54, 1.807) is 0 Å².